The molecule has 10 heteroatoms. The zero-order chi connectivity index (χ0) is 23.8. The van der Waals surface area contributed by atoms with Gasteiger partial charge >= 0.3 is 12.5 Å². The van der Waals surface area contributed by atoms with Crippen LogP contribution in [-0.4, -0.2) is 66.5 Å². The number of piperazine rings is 1. The van der Waals surface area contributed by atoms with Crippen LogP contribution in [0.3, 0.4) is 0 Å². The van der Waals surface area contributed by atoms with Gasteiger partial charge in [0.25, 0.3) is 11.8 Å². The van der Waals surface area contributed by atoms with Gasteiger partial charge in [-0.1, -0.05) is 19.1 Å². The van der Waals surface area contributed by atoms with Gasteiger partial charge in [-0.2, -0.15) is 17.6 Å². The van der Waals surface area contributed by atoms with Crippen LogP contribution in [0.1, 0.15) is 34.1 Å². The summed E-state index contributed by atoms with van der Waals surface area (Å²) >= 11 is 0. The van der Waals surface area contributed by atoms with E-state index >= 15 is 0 Å². The molecule has 2 aromatic rings. The fourth-order valence-corrected chi connectivity index (χ4v) is 4.29. The second kappa shape index (κ2) is 9.01. The lowest BCUT2D eigenvalue weighted by atomic mass is 10.1. The lowest BCUT2D eigenvalue weighted by Gasteiger charge is -2.42. The number of nitrogens with zero attached hydrogens (tertiary/aromatic N) is 3. The summed E-state index contributed by atoms with van der Waals surface area (Å²) in [4.78, 5) is 31.2. The van der Waals surface area contributed by atoms with Crippen molar-refractivity contribution in [2.45, 2.75) is 32.0 Å². The predicted octanol–water partition coefficient (Wildman–Crippen LogP) is 4.08. The first kappa shape index (κ1) is 23.0. The topological polar surface area (TPSA) is 53.1 Å². The molecule has 1 atom stereocenters. The molecule has 2 aliphatic rings. The Balaban J connectivity index is 1.39. The van der Waals surface area contributed by atoms with E-state index in [2.05, 4.69) is 9.64 Å². The molecule has 6 nitrogen and oxygen atoms in total. The Hall–Kier alpha value is -3.14. The summed E-state index contributed by atoms with van der Waals surface area (Å²) in [6, 6.07) is 12.3. The van der Waals surface area contributed by atoms with Gasteiger partial charge in [0, 0.05) is 31.9 Å². The van der Waals surface area contributed by atoms with Crippen molar-refractivity contribution < 1.29 is 31.9 Å². The molecule has 1 fully saturated rings. The third kappa shape index (κ3) is 4.39. The van der Waals surface area contributed by atoms with Crippen molar-refractivity contribution in [3.8, 4) is 5.75 Å². The van der Waals surface area contributed by atoms with Crippen molar-refractivity contribution in [3.05, 3.63) is 59.7 Å². The highest BCUT2D eigenvalue weighted by atomic mass is 19.3. The molecule has 2 amide bonds. The highest BCUT2D eigenvalue weighted by molar-refractivity contribution is 6.21. The number of anilines is 1. The Kier molecular flexibility index (Phi) is 6.29. The Morgan fingerprint density at radius 3 is 1.94 bits per heavy atom. The molecule has 33 heavy (non-hydrogen) atoms. The summed E-state index contributed by atoms with van der Waals surface area (Å²) in [7, 11) is 0. The third-order valence-electron chi connectivity index (χ3n) is 5.93. The highest BCUT2D eigenvalue weighted by Gasteiger charge is 2.44. The van der Waals surface area contributed by atoms with Crippen molar-refractivity contribution in [2.24, 2.45) is 0 Å². The van der Waals surface area contributed by atoms with E-state index in [-0.39, 0.29) is 23.7 Å². The van der Waals surface area contributed by atoms with Crippen LogP contribution in [0, 0.1) is 0 Å². The van der Waals surface area contributed by atoms with E-state index < -0.39 is 12.5 Å². The van der Waals surface area contributed by atoms with E-state index in [4.69, 9.17) is 0 Å². The van der Waals surface area contributed by atoms with Gasteiger partial charge in [-0.25, -0.2) is 0 Å². The van der Waals surface area contributed by atoms with E-state index in [1.807, 2.05) is 11.8 Å². The molecular weight excluding hydrogens is 442 g/mol. The van der Waals surface area contributed by atoms with E-state index in [9.17, 15) is 27.2 Å². The molecule has 0 saturated carbocycles. The minimum Gasteiger partial charge on any atom is -0.428 e. The number of halogens is 4. The monoisotopic (exact) mass is 465 g/mol. The van der Waals surface area contributed by atoms with E-state index in [0.717, 1.165) is 5.69 Å². The zero-order valence-electron chi connectivity index (χ0n) is 17.9. The van der Waals surface area contributed by atoms with Gasteiger partial charge in [0.15, 0.2) is 0 Å². The first-order chi connectivity index (χ1) is 15.7. The van der Waals surface area contributed by atoms with Gasteiger partial charge in [0.1, 0.15) is 5.75 Å². The van der Waals surface area contributed by atoms with Crippen molar-refractivity contribution in [1.29, 1.82) is 0 Å². The van der Waals surface area contributed by atoms with Crippen molar-refractivity contribution in [1.82, 2.24) is 9.80 Å². The van der Waals surface area contributed by atoms with Gasteiger partial charge < -0.3 is 9.64 Å². The van der Waals surface area contributed by atoms with E-state index in [1.54, 1.807) is 24.3 Å². The van der Waals surface area contributed by atoms with Crippen LogP contribution in [0.2, 0.25) is 0 Å². The molecule has 0 N–H and O–H groups in total. The number of imide groups is 1. The molecule has 0 bridgehead atoms. The van der Waals surface area contributed by atoms with Crippen LogP contribution in [-0.2, 0) is 0 Å². The van der Waals surface area contributed by atoms with Crippen LogP contribution in [0.25, 0.3) is 0 Å². The minimum atomic E-state index is -4.55. The summed E-state index contributed by atoms with van der Waals surface area (Å²) < 4.78 is 54.8. The summed E-state index contributed by atoms with van der Waals surface area (Å²) in [5.41, 5.74) is 1.56. The third-order valence-corrected chi connectivity index (χ3v) is 5.93. The van der Waals surface area contributed by atoms with Gasteiger partial charge in [0.2, 0.25) is 0 Å². The Labute approximate surface area is 188 Å². The zero-order valence-corrected chi connectivity index (χ0v) is 17.9. The maximum Gasteiger partial charge on any atom is 0.461 e. The van der Waals surface area contributed by atoms with Gasteiger partial charge in [-0.3, -0.25) is 19.4 Å². The Bertz CT molecular complexity index is 989. The molecule has 4 rings (SSSR count). The first-order valence-electron chi connectivity index (χ1n) is 10.6. The Morgan fingerprint density at radius 2 is 1.45 bits per heavy atom. The van der Waals surface area contributed by atoms with Crippen molar-refractivity contribution in [3.63, 3.8) is 0 Å². The maximum atomic E-state index is 13.1. The number of rotatable bonds is 7. The van der Waals surface area contributed by atoms with Crippen LogP contribution in [0.5, 0.6) is 5.75 Å². The SMILES string of the molecule is CCC(N1CCN(c2ccc(OC(F)(F)C(F)F)cc2)CC1)N1C(=O)c2ccccc2C1=O. The van der Waals surface area contributed by atoms with Crippen LogP contribution >= 0.6 is 0 Å². The predicted molar refractivity (Wildman–Crippen MR) is 113 cm³/mol. The molecule has 2 heterocycles. The molecule has 0 spiro atoms. The molecule has 1 saturated heterocycles. The number of hydrogen-bond donors (Lipinski definition) is 0. The fourth-order valence-electron chi connectivity index (χ4n) is 4.29. The molecule has 2 aliphatic heterocycles. The Morgan fingerprint density at radius 1 is 0.909 bits per heavy atom. The first-order valence-corrected chi connectivity index (χ1v) is 10.6. The average molecular weight is 465 g/mol. The summed E-state index contributed by atoms with van der Waals surface area (Å²) in [6.45, 7) is 4.23. The number of hydrogen-bond acceptors (Lipinski definition) is 5. The summed E-state index contributed by atoms with van der Waals surface area (Å²) in [5.74, 6) is -0.929. The number of carbonyl (C=O) groups excluding carboxylic acids is 2. The van der Waals surface area contributed by atoms with Crippen LogP contribution < -0.4 is 9.64 Å². The van der Waals surface area contributed by atoms with Gasteiger partial charge in [0.05, 0.1) is 17.3 Å². The fraction of sp³-hybridized carbons (Fsp3) is 0.391. The maximum absolute atomic E-state index is 13.1. The molecule has 0 aromatic heterocycles. The molecule has 176 valence electrons. The van der Waals surface area contributed by atoms with Crippen LogP contribution in [0.15, 0.2) is 48.5 Å². The minimum absolute atomic E-state index is 0.291. The smallest absolute Gasteiger partial charge is 0.428 e. The second-order valence-corrected chi connectivity index (χ2v) is 7.90. The normalized spacial score (nSPS) is 18.1. The van der Waals surface area contributed by atoms with Crippen molar-refractivity contribution >= 4 is 17.5 Å². The molecule has 0 aliphatic carbocycles. The molecular formula is C23H23F4N3O3. The quantitative estimate of drug-likeness (QED) is 0.456. The number of ether oxygens (including phenoxy) is 1. The lowest BCUT2D eigenvalue weighted by Crippen LogP contribution is -2.57. The number of alkyl halides is 4. The highest BCUT2D eigenvalue weighted by Crippen LogP contribution is 2.30. The molecule has 1 unspecified atom stereocenters. The average Bonchev–Trinajstić information content (AvgIpc) is 3.06. The van der Waals surface area contributed by atoms with Crippen LogP contribution in [0.4, 0.5) is 23.2 Å². The van der Waals surface area contributed by atoms with Gasteiger partial charge in [-0.05, 0) is 42.8 Å². The summed E-state index contributed by atoms with van der Waals surface area (Å²) in [5, 5.41) is 0. The number of benzene rings is 2. The second-order valence-electron chi connectivity index (χ2n) is 7.90. The van der Waals surface area contributed by atoms with E-state index in [1.165, 1.54) is 29.2 Å². The number of fused-ring (bicyclic) bond motifs is 1. The molecule has 2 aromatic carbocycles. The lowest BCUT2D eigenvalue weighted by molar-refractivity contribution is -0.253. The number of carbonyl (C=O) groups is 2. The van der Waals surface area contributed by atoms with Crippen molar-refractivity contribution in [2.75, 3.05) is 31.1 Å². The standard InChI is InChI=1S/C23H23F4N3O3/c1-2-19(30-20(31)17-5-3-4-6-18(17)21(30)32)29-13-11-28(12-14-29)15-7-9-16(10-8-15)33-23(26,27)22(24)25/h3-10,19,22H,2,11-14H2,1H3. The molecule has 0 radical (unpaired) electrons. The largest absolute Gasteiger partial charge is 0.461 e. The summed E-state index contributed by atoms with van der Waals surface area (Å²) in [6.07, 6.45) is -8.26. The van der Waals surface area contributed by atoms with E-state index in [0.29, 0.717) is 43.7 Å². The number of amides is 2. The van der Waals surface area contributed by atoms with Gasteiger partial charge in [-0.15, -0.1) is 0 Å².